The first-order valence-electron chi connectivity index (χ1n) is 5.79. The Morgan fingerprint density at radius 1 is 1.21 bits per heavy atom. The molecule has 2 aliphatic rings. The molecular weight excluding hydrogens is 305 g/mol. The average Bonchev–Trinajstić information content (AvgIpc) is 2.44. The van der Waals surface area contributed by atoms with Gasteiger partial charge in [0.15, 0.2) is 0 Å². The van der Waals surface area contributed by atoms with Crippen LogP contribution in [0.5, 0.6) is 0 Å². The van der Waals surface area contributed by atoms with Crippen molar-refractivity contribution < 1.29 is 0 Å². The molecule has 1 nitrogen and oxygen atoms in total. The van der Waals surface area contributed by atoms with Gasteiger partial charge in [-0.15, -0.1) is 0 Å². The van der Waals surface area contributed by atoms with E-state index in [1.807, 2.05) is 0 Å². The molecule has 0 unspecified atom stereocenters. The normalized spacial score (nSPS) is 35.3. The lowest BCUT2D eigenvalue weighted by atomic mass is 10.1. The van der Waals surface area contributed by atoms with Gasteiger partial charge in [0.05, 0.1) is 0 Å². The second-order valence-electron chi connectivity index (χ2n) is 5.20. The maximum atomic E-state index is 2.63. The smallest absolute Gasteiger partial charge is 0.0389 e. The summed E-state index contributed by atoms with van der Waals surface area (Å²) in [5.41, 5.74) is 0. The van der Waals surface area contributed by atoms with Crippen LogP contribution in [0.2, 0.25) is 0 Å². The molecule has 14 heavy (non-hydrogen) atoms. The van der Waals surface area contributed by atoms with Gasteiger partial charge in [0.25, 0.3) is 0 Å². The molecule has 2 rings (SSSR count). The number of halogens is 1. The second-order valence-corrected chi connectivity index (χ2v) is 10.3. The third-order valence-corrected chi connectivity index (χ3v) is 9.41. The van der Waals surface area contributed by atoms with E-state index in [1.165, 1.54) is 25.1 Å². The summed E-state index contributed by atoms with van der Waals surface area (Å²) in [4.78, 5) is 0. The minimum atomic E-state index is -0.187. The standard InChI is InChI=1S/C11H22INS/c1-10(2)11-8-14(9-13(11)12)6-4-3-5-7-14/h10-11H,3-9H2,1-2H3/t11-/m1/s1. The van der Waals surface area contributed by atoms with Crippen molar-refractivity contribution in [3.63, 3.8) is 0 Å². The summed E-state index contributed by atoms with van der Waals surface area (Å²) in [7, 11) is -0.187. The summed E-state index contributed by atoms with van der Waals surface area (Å²) in [6.45, 7) is 4.77. The largest absolute Gasteiger partial charge is 0.235 e. The first-order valence-corrected chi connectivity index (χ1v) is 9.07. The van der Waals surface area contributed by atoms with Crippen LogP contribution < -0.4 is 0 Å². The first-order chi connectivity index (χ1) is 6.63. The van der Waals surface area contributed by atoms with Gasteiger partial charge in [0.2, 0.25) is 0 Å². The molecule has 0 aromatic heterocycles. The summed E-state index contributed by atoms with van der Waals surface area (Å²) in [5, 5.41) is 0. The van der Waals surface area contributed by atoms with Crippen LogP contribution in [-0.4, -0.2) is 32.3 Å². The van der Waals surface area contributed by atoms with Gasteiger partial charge < -0.3 is 0 Å². The summed E-state index contributed by atoms with van der Waals surface area (Å²) < 4.78 is 2.63. The number of hydrogen-bond acceptors (Lipinski definition) is 1. The third-order valence-electron chi connectivity index (χ3n) is 3.71. The molecule has 0 aromatic carbocycles. The van der Waals surface area contributed by atoms with E-state index < -0.39 is 0 Å². The van der Waals surface area contributed by atoms with Crippen molar-refractivity contribution in [2.24, 2.45) is 5.92 Å². The molecule has 0 N–H and O–H groups in total. The van der Waals surface area contributed by atoms with Crippen molar-refractivity contribution in [3.8, 4) is 0 Å². The van der Waals surface area contributed by atoms with Gasteiger partial charge in [-0.05, 0) is 36.0 Å². The lowest BCUT2D eigenvalue weighted by Crippen LogP contribution is -2.27. The molecule has 0 amide bonds. The fourth-order valence-corrected chi connectivity index (χ4v) is 10.2. The van der Waals surface area contributed by atoms with Crippen LogP contribution >= 0.6 is 32.9 Å². The van der Waals surface area contributed by atoms with Crippen LogP contribution in [0.3, 0.4) is 0 Å². The Balaban J connectivity index is 2.03. The van der Waals surface area contributed by atoms with Gasteiger partial charge in [-0.1, -0.05) is 20.3 Å². The average molecular weight is 327 g/mol. The summed E-state index contributed by atoms with van der Waals surface area (Å²) >= 11 is 2.58. The number of nitrogens with zero attached hydrogens (tertiary/aromatic N) is 1. The van der Waals surface area contributed by atoms with Crippen molar-refractivity contribution in [2.45, 2.75) is 39.2 Å². The Morgan fingerprint density at radius 2 is 1.86 bits per heavy atom. The Bertz CT molecular complexity index is 201. The van der Waals surface area contributed by atoms with E-state index in [9.17, 15) is 0 Å². The number of rotatable bonds is 1. The minimum absolute atomic E-state index is 0.187. The van der Waals surface area contributed by atoms with Gasteiger partial charge in [0, 0.05) is 34.8 Å². The Kier molecular flexibility index (Phi) is 3.70. The highest BCUT2D eigenvalue weighted by molar-refractivity contribution is 14.1. The predicted molar refractivity (Wildman–Crippen MR) is 75.4 cm³/mol. The highest BCUT2D eigenvalue weighted by Crippen LogP contribution is 2.59. The van der Waals surface area contributed by atoms with E-state index in [1.54, 1.807) is 17.3 Å². The number of hydrogen-bond donors (Lipinski definition) is 0. The zero-order valence-corrected chi connectivity index (χ0v) is 12.3. The van der Waals surface area contributed by atoms with Crippen molar-refractivity contribution in [3.05, 3.63) is 0 Å². The fourth-order valence-electron chi connectivity index (χ4n) is 2.76. The van der Waals surface area contributed by atoms with Crippen molar-refractivity contribution in [1.82, 2.24) is 3.11 Å². The summed E-state index contributed by atoms with van der Waals surface area (Å²) in [6.07, 6.45) is 4.54. The molecule has 3 heteroatoms. The van der Waals surface area contributed by atoms with E-state index in [0.29, 0.717) is 0 Å². The third kappa shape index (κ3) is 2.24. The monoisotopic (exact) mass is 327 g/mol. The van der Waals surface area contributed by atoms with Crippen LogP contribution in [0.15, 0.2) is 0 Å². The SMILES string of the molecule is CC(C)[C@H]1CS2(CCCCC2)CN1I. The molecule has 2 fully saturated rings. The van der Waals surface area contributed by atoms with Gasteiger partial charge in [-0.3, -0.25) is 0 Å². The predicted octanol–water partition coefficient (Wildman–Crippen LogP) is 3.62. The molecule has 2 heterocycles. The maximum absolute atomic E-state index is 2.63. The van der Waals surface area contributed by atoms with Gasteiger partial charge in [-0.25, -0.2) is 13.1 Å². The summed E-state index contributed by atoms with van der Waals surface area (Å²) in [6, 6.07) is 0.878. The Labute approximate surface area is 104 Å². The van der Waals surface area contributed by atoms with Gasteiger partial charge >= 0.3 is 0 Å². The van der Waals surface area contributed by atoms with Gasteiger partial charge in [-0.2, -0.15) is 0 Å². The fraction of sp³-hybridized carbons (Fsp3) is 1.00. The topological polar surface area (TPSA) is 3.24 Å². The Morgan fingerprint density at radius 3 is 2.36 bits per heavy atom. The zero-order valence-electron chi connectivity index (χ0n) is 9.34. The van der Waals surface area contributed by atoms with E-state index in [0.717, 1.165) is 12.0 Å². The zero-order chi connectivity index (χ0) is 10.2. The van der Waals surface area contributed by atoms with Gasteiger partial charge in [0.1, 0.15) is 0 Å². The van der Waals surface area contributed by atoms with E-state index >= 15 is 0 Å². The quantitative estimate of drug-likeness (QED) is 0.525. The minimum Gasteiger partial charge on any atom is -0.235 e. The highest BCUT2D eigenvalue weighted by atomic mass is 127. The van der Waals surface area contributed by atoms with Crippen LogP contribution in [-0.2, 0) is 0 Å². The van der Waals surface area contributed by atoms with Crippen molar-refractivity contribution >= 4 is 32.9 Å². The van der Waals surface area contributed by atoms with E-state index in [2.05, 4.69) is 39.8 Å². The van der Waals surface area contributed by atoms with Crippen molar-refractivity contribution in [2.75, 3.05) is 23.1 Å². The highest BCUT2D eigenvalue weighted by Gasteiger charge is 2.40. The molecule has 0 bridgehead atoms. The molecule has 1 atom stereocenters. The van der Waals surface area contributed by atoms with Crippen LogP contribution in [0.1, 0.15) is 33.1 Å². The van der Waals surface area contributed by atoms with Crippen LogP contribution in [0.25, 0.3) is 0 Å². The molecular formula is C11H22INS. The molecule has 2 aliphatic heterocycles. The lowest BCUT2D eigenvalue weighted by molar-refractivity contribution is 0.379. The van der Waals surface area contributed by atoms with Crippen molar-refractivity contribution in [1.29, 1.82) is 0 Å². The maximum Gasteiger partial charge on any atom is 0.0389 e. The molecule has 0 aliphatic carbocycles. The second kappa shape index (κ2) is 4.50. The molecule has 0 aromatic rings. The first kappa shape index (κ1) is 11.5. The van der Waals surface area contributed by atoms with Crippen LogP contribution in [0, 0.1) is 5.92 Å². The lowest BCUT2D eigenvalue weighted by Gasteiger charge is -2.39. The molecule has 2 saturated heterocycles. The molecule has 1 spiro atoms. The molecule has 0 saturated carbocycles. The molecule has 84 valence electrons. The van der Waals surface area contributed by atoms with E-state index in [4.69, 9.17) is 0 Å². The van der Waals surface area contributed by atoms with E-state index in [-0.39, 0.29) is 10.0 Å². The van der Waals surface area contributed by atoms with Crippen LogP contribution in [0.4, 0.5) is 0 Å². The molecule has 0 radical (unpaired) electrons. The Hall–Kier alpha value is 1.04. The summed E-state index contributed by atoms with van der Waals surface area (Å²) in [5.74, 6) is 7.00.